The average Bonchev–Trinajstić information content (AvgIpc) is 3.48. The van der Waals surface area contributed by atoms with E-state index in [4.69, 9.17) is 16.6 Å². The molecule has 0 N–H and O–H groups in total. The van der Waals surface area contributed by atoms with Crippen LogP contribution in [0, 0.1) is 0 Å². The van der Waals surface area contributed by atoms with Crippen LogP contribution in [0.15, 0.2) is 66.0 Å². The van der Waals surface area contributed by atoms with Gasteiger partial charge in [-0.3, -0.25) is 4.79 Å². The minimum atomic E-state index is 0.173. The Morgan fingerprint density at radius 3 is 2.66 bits per heavy atom. The van der Waals surface area contributed by atoms with Gasteiger partial charge >= 0.3 is 0 Å². The zero-order chi connectivity index (χ0) is 23.8. The highest BCUT2D eigenvalue weighted by molar-refractivity contribution is 7.10. The molecule has 0 atom stereocenters. The summed E-state index contributed by atoms with van der Waals surface area (Å²) >= 11 is 8.18. The number of hydrogen-bond acceptors (Lipinski definition) is 6. The number of rotatable bonds is 4. The van der Waals surface area contributed by atoms with E-state index < -0.39 is 0 Å². The molecule has 0 saturated carbocycles. The highest BCUT2D eigenvalue weighted by Gasteiger charge is 2.25. The number of amides is 1. The molecule has 0 spiro atoms. The van der Waals surface area contributed by atoms with Crippen molar-refractivity contribution in [1.82, 2.24) is 24.5 Å². The minimum Gasteiger partial charge on any atom is -0.341 e. The maximum absolute atomic E-state index is 12.9. The first kappa shape index (κ1) is 22.0. The van der Waals surface area contributed by atoms with Crippen LogP contribution in [-0.4, -0.2) is 56.6 Å². The number of thiophene rings is 1. The van der Waals surface area contributed by atoms with E-state index in [1.54, 1.807) is 11.3 Å². The molecule has 1 aliphatic rings. The highest BCUT2D eigenvalue weighted by atomic mass is 35.5. The van der Waals surface area contributed by atoms with Crippen LogP contribution >= 0.6 is 22.9 Å². The minimum absolute atomic E-state index is 0.173. The third kappa shape index (κ3) is 4.13. The Labute approximate surface area is 211 Å². The Hall–Kier alpha value is -3.49. The summed E-state index contributed by atoms with van der Waals surface area (Å²) in [5.41, 5.74) is 2.42. The molecular formula is C26H23ClN6OS. The SMILES string of the molecule is O=C(Cc1cccs1)N1CCCN(c2nc3ccccc3c3nnc(-c4ccccc4Cl)n23)CC1. The van der Waals surface area contributed by atoms with Gasteiger partial charge in [-0.1, -0.05) is 41.9 Å². The second-order valence-electron chi connectivity index (χ2n) is 8.57. The van der Waals surface area contributed by atoms with E-state index in [9.17, 15) is 4.79 Å². The van der Waals surface area contributed by atoms with Crippen molar-refractivity contribution in [3.8, 4) is 11.4 Å². The molecule has 6 rings (SSSR count). The predicted octanol–water partition coefficient (Wildman–Crippen LogP) is 4.94. The molecule has 7 nitrogen and oxygen atoms in total. The van der Waals surface area contributed by atoms with Crippen molar-refractivity contribution in [3.63, 3.8) is 0 Å². The van der Waals surface area contributed by atoms with Crippen LogP contribution in [0.2, 0.25) is 5.02 Å². The van der Waals surface area contributed by atoms with Crippen LogP contribution in [0.3, 0.4) is 0 Å². The van der Waals surface area contributed by atoms with Gasteiger partial charge in [0, 0.05) is 42.0 Å². The van der Waals surface area contributed by atoms with Gasteiger partial charge in [0.1, 0.15) is 0 Å². The lowest BCUT2D eigenvalue weighted by Gasteiger charge is -2.24. The summed E-state index contributed by atoms with van der Waals surface area (Å²) in [5.74, 6) is 1.60. The Morgan fingerprint density at radius 1 is 0.943 bits per heavy atom. The first-order valence-corrected chi connectivity index (χ1v) is 12.9. The van der Waals surface area contributed by atoms with E-state index >= 15 is 0 Å². The number of halogens is 1. The Morgan fingerprint density at radius 2 is 1.80 bits per heavy atom. The van der Waals surface area contributed by atoms with Gasteiger partial charge in [-0.05, 0) is 42.1 Å². The van der Waals surface area contributed by atoms with E-state index in [0.717, 1.165) is 52.4 Å². The van der Waals surface area contributed by atoms with Crippen LogP contribution in [0.5, 0.6) is 0 Å². The van der Waals surface area contributed by atoms with Gasteiger partial charge in [0.05, 0.1) is 17.0 Å². The standard InChI is InChI=1S/C26H23ClN6OS/c27-21-10-3-1-8-19(21)24-29-30-25-20-9-2-4-11-22(20)28-26(33(24)25)32-13-6-12-31(14-15-32)23(34)17-18-7-5-16-35-18/h1-5,7-11,16H,6,12-15,17H2. The topological polar surface area (TPSA) is 66.6 Å². The van der Waals surface area contributed by atoms with E-state index in [1.807, 2.05) is 75.3 Å². The molecule has 1 amide bonds. The summed E-state index contributed by atoms with van der Waals surface area (Å²) in [4.78, 5) is 23.3. The number of aromatic nitrogens is 4. The number of para-hydroxylation sites is 1. The quantitative estimate of drug-likeness (QED) is 0.348. The van der Waals surface area contributed by atoms with Crippen LogP contribution in [0.25, 0.3) is 27.9 Å². The predicted molar refractivity (Wildman–Crippen MR) is 140 cm³/mol. The smallest absolute Gasteiger partial charge is 0.227 e. The number of fused-ring (bicyclic) bond motifs is 3. The van der Waals surface area contributed by atoms with Crippen molar-refractivity contribution in [1.29, 1.82) is 0 Å². The molecule has 0 bridgehead atoms. The number of nitrogens with zero attached hydrogens (tertiary/aromatic N) is 6. The Bertz CT molecular complexity index is 1520. The van der Waals surface area contributed by atoms with Crippen LogP contribution in [-0.2, 0) is 11.2 Å². The number of carbonyl (C=O) groups excluding carboxylic acids is 1. The Balaban J connectivity index is 1.39. The summed E-state index contributed by atoms with van der Waals surface area (Å²) in [6.07, 6.45) is 1.31. The summed E-state index contributed by atoms with van der Waals surface area (Å²) < 4.78 is 2.01. The summed E-state index contributed by atoms with van der Waals surface area (Å²) in [7, 11) is 0. The molecule has 35 heavy (non-hydrogen) atoms. The fourth-order valence-electron chi connectivity index (χ4n) is 4.64. The number of benzene rings is 2. The van der Waals surface area contributed by atoms with E-state index in [0.29, 0.717) is 30.4 Å². The zero-order valence-corrected chi connectivity index (χ0v) is 20.5. The number of carbonyl (C=O) groups is 1. The summed E-state index contributed by atoms with van der Waals surface area (Å²) in [6, 6.07) is 19.6. The fraction of sp³-hybridized carbons (Fsp3) is 0.231. The van der Waals surface area contributed by atoms with Crippen molar-refractivity contribution in [2.45, 2.75) is 12.8 Å². The zero-order valence-electron chi connectivity index (χ0n) is 19.0. The molecule has 2 aromatic carbocycles. The molecule has 9 heteroatoms. The van der Waals surface area contributed by atoms with Crippen LogP contribution in [0.4, 0.5) is 5.95 Å². The summed E-state index contributed by atoms with van der Waals surface area (Å²) in [6.45, 7) is 2.83. The maximum Gasteiger partial charge on any atom is 0.227 e. The lowest BCUT2D eigenvalue weighted by Crippen LogP contribution is -2.36. The molecule has 176 valence electrons. The third-order valence-electron chi connectivity index (χ3n) is 6.38. The van der Waals surface area contributed by atoms with E-state index in [2.05, 4.69) is 15.1 Å². The van der Waals surface area contributed by atoms with Crippen LogP contribution < -0.4 is 4.90 Å². The van der Waals surface area contributed by atoms with Gasteiger partial charge < -0.3 is 9.80 Å². The van der Waals surface area contributed by atoms with E-state index in [1.165, 1.54) is 0 Å². The lowest BCUT2D eigenvalue weighted by atomic mass is 10.2. The van der Waals surface area contributed by atoms with Crippen molar-refractivity contribution < 1.29 is 4.79 Å². The van der Waals surface area contributed by atoms with Crippen molar-refractivity contribution >= 4 is 51.3 Å². The van der Waals surface area contributed by atoms with Gasteiger partial charge in [0.15, 0.2) is 11.5 Å². The molecule has 1 fully saturated rings. The number of hydrogen-bond donors (Lipinski definition) is 0. The lowest BCUT2D eigenvalue weighted by molar-refractivity contribution is -0.130. The maximum atomic E-state index is 12.9. The Kier molecular flexibility index (Phi) is 5.83. The molecule has 0 aliphatic carbocycles. The van der Waals surface area contributed by atoms with E-state index in [-0.39, 0.29) is 5.91 Å². The monoisotopic (exact) mass is 502 g/mol. The third-order valence-corrected chi connectivity index (χ3v) is 7.59. The van der Waals surface area contributed by atoms with Gasteiger partial charge in [-0.25, -0.2) is 9.38 Å². The molecule has 0 unspecified atom stereocenters. The second kappa shape index (κ2) is 9.28. The largest absolute Gasteiger partial charge is 0.341 e. The first-order valence-electron chi connectivity index (χ1n) is 11.6. The summed E-state index contributed by atoms with van der Waals surface area (Å²) in [5, 5.41) is 12.7. The molecule has 1 aliphatic heterocycles. The highest BCUT2D eigenvalue weighted by Crippen LogP contribution is 2.32. The molecule has 0 radical (unpaired) electrons. The molecule has 1 saturated heterocycles. The second-order valence-corrected chi connectivity index (χ2v) is 10.0. The molecule has 3 aromatic heterocycles. The molecular weight excluding hydrogens is 480 g/mol. The van der Waals surface area contributed by atoms with Gasteiger partial charge in [0.25, 0.3) is 0 Å². The normalized spacial score (nSPS) is 14.5. The van der Waals surface area contributed by atoms with Gasteiger partial charge in [0.2, 0.25) is 11.9 Å². The van der Waals surface area contributed by atoms with Crippen molar-refractivity contribution in [2.24, 2.45) is 0 Å². The molecule has 5 aromatic rings. The number of anilines is 1. The fourth-order valence-corrected chi connectivity index (χ4v) is 5.55. The van der Waals surface area contributed by atoms with Crippen molar-refractivity contribution in [2.75, 3.05) is 31.1 Å². The molecule has 4 heterocycles. The van der Waals surface area contributed by atoms with Crippen LogP contribution in [0.1, 0.15) is 11.3 Å². The van der Waals surface area contributed by atoms with Crippen molar-refractivity contribution in [3.05, 3.63) is 75.9 Å². The van der Waals surface area contributed by atoms with Gasteiger partial charge in [-0.15, -0.1) is 21.5 Å². The first-order chi connectivity index (χ1) is 17.2. The van der Waals surface area contributed by atoms with Gasteiger partial charge in [-0.2, -0.15) is 0 Å². The average molecular weight is 503 g/mol.